The molecule has 0 amide bonds. The predicted octanol–water partition coefficient (Wildman–Crippen LogP) is 2.57. The van der Waals surface area contributed by atoms with E-state index in [0.717, 1.165) is 4.57 Å². The van der Waals surface area contributed by atoms with Crippen LogP contribution < -0.4 is 11.2 Å². The Balaban J connectivity index is 0.000000282. The first-order chi connectivity index (χ1) is 11.3. The summed E-state index contributed by atoms with van der Waals surface area (Å²) in [5, 5.41) is 10.9. The van der Waals surface area contributed by atoms with E-state index in [1.807, 2.05) is 13.8 Å². The van der Waals surface area contributed by atoms with Gasteiger partial charge in [0.25, 0.3) is 0 Å². The minimum atomic E-state index is -0.829. The van der Waals surface area contributed by atoms with Crippen molar-refractivity contribution >= 4 is 5.69 Å². The third-order valence-corrected chi connectivity index (χ3v) is 3.82. The third-order valence-electron chi connectivity index (χ3n) is 3.82. The molecular formula is C17H21N3O4. The zero-order valence-electron chi connectivity index (χ0n) is 14.3. The largest absolute Gasteiger partial charge is 0.353 e. The van der Waals surface area contributed by atoms with Crippen molar-refractivity contribution in [3.8, 4) is 11.1 Å². The van der Waals surface area contributed by atoms with Gasteiger partial charge in [-0.15, -0.1) is 0 Å². The van der Waals surface area contributed by atoms with Crippen molar-refractivity contribution in [1.82, 2.24) is 9.13 Å². The minimum Gasteiger partial charge on any atom is -0.291 e. The molecule has 2 aliphatic carbocycles. The van der Waals surface area contributed by atoms with Crippen LogP contribution in [0.4, 0.5) is 5.69 Å². The minimum absolute atomic E-state index is 0.119. The lowest BCUT2D eigenvalue weighted by Gasteiger charge is -2.14. The van der Waals surface area contributed by atoms with Crippen molar-refractivity contribution in [2.75, 3.05) is 0 Å². The molecule has 2 aliphatic rings. The second-order valence-electron chi connectivity index (χ2n) is 6.11. The molecule has 0 fully saturated rings. The molecule has 7 nitrogen and oxygen atoms in total. The third kappa shape index (κ3) is 3.45. The number of rotatable bonds is 4. The van der Waals surface area contributed by atoms with Gasteiger partial charge in [0.2, 0.25) is 0 Å². The van der Waals surface area contributed by atoms with Gasteiger partial charge >= 0.3 is 16.9 Å². The van der Waals surface area contributed by atoms with E-state index in [1.54, 1.807) is 6.92 Å². The fraction of sp³-hybridized carbons (Fsp3) is 0.412. The van der Waals surface area contributed by atoms with Crippen molar-refractivity contribution in [1.29, 1.82) is 0 Å². The summed E-state index contributed by atoms with van der Waals surface area (Å²) in [5.41, 5.74) is 1.14. The maximum atomic E-state index is 12.1. The summed E-state index contributed by atoms with van der Waals surface area (Å²) in [6, 6.07) is 8.48. The molecule has 7 heteroatoms. The first-order valence-electron chi connectivity index (χ1n) is 7.87. The Morgan fingerprint density at radius 1 is 1.17 bits per heavy atom. The van der Waals surface area contributed by atoms with E-state index in [2.05, 4.69) is 24.3 Å². The zero-order chi connectivity index (χ0) is 18.0. The standard InChI is InChI=1S/C11H17N3O4.C6H4/c1-5-12-10(15)9(14(17)18)8(4)13(11(12)16)6-7(2)3;1-2-5-4-6(5)3-1/h7H,5-6H2,1-4H3;1-4H. The zero-order valence-corrected chi connectivity index (χ0v) is 14.3. The summed E-state index contributed by atoms with van der Waals surface area (Å²) in [7, 11) is 0. The molecular weight excluding hydrogens is 310 g/mol. The molecule has 0 aromatic carbocycles. The number of fused-ring (bicyclic) bond motifs is 1. The van der Waals surface area contributed by atoms with Crippen LogP contribution in [-0.4, -0.2) is 14.1 Å². The molecule has 0 bridgehead atoms. The van der Waals surface area contributed by atoms with Crippen molar-refractivity contribution in [3.05, 3.63) is 60.9 Å². The molecule has 0 atom stereocenters. The van der Waals surface area contributed by atoms with Crippen LogP contribution in [0.1, 0.15) is 26.5 Å². The van der Waals surface area contributed by atoms with Crippen LogP contribution in [0.25, 0.3) is 11.1 Å². The van der Waals surface area contributed by atoms with E-state index in [1.165, 1.54) is 22.6 Å². The van der Waals surface area contributed by atoms with Gasteiger partial charge in [0.1, 0.15) is 5.69 Å². The quantitative estimate of drug-likeness (QED) is 0.543. The van der Waals surface area contributed by atoms with Gasteiger partial charge in [-0.3, -0.25) is 24.0 Å². The number of hydrogen-bond acceptors (Lipinski definition) is 4. The highest BCUT2D eigenvalue weighted by atomic mass is 16.6. The number of nitro groups is 1. The van der Waals surface area contributed by atoms with Gasteiger partial charge in [-0.1, -0.05) is 32.0 Å². The SMILES string of the molecule is CCn1c(=O)c([N+](=O)[O-])c(C)n(CC(C)C)c1=O.c1cc2cc-2c1. The summed E-state index contributed by atoms with van der Waals surface area (Å²) in [5.74, 6) is 0.156. The number of benzene rings is 1. The molecule has 0 spiro atoms. The summed E-state index contributed by atoms with van der Waals surface area (Å²) in [6.45, 7) is 7.33. The predicted molar refractivity (Wildman–Crippen MR) is 92.3 cm³/mol. The van der Waals surface area contributed by atoms with E-state index in [9.17, 15) is 19.7 Å². The van der Waals surface area contributed by atoms with E-state index < -0.39 is 21.9 Å². The maximum absolute atomic E-state index is 12.1. The molecule has 24 heavy (non-hydrogen) atoms. The monoisotopic (exact) mass is 331 g/mol. The molecule has 128 valence electrons. The lowest BCUT2D eigenvalue weighted by atomic mass is 10.2. The van der Waals surface area contributed by atoms with Crippen LogP contribution in [-0.2, 0) is 13.1 Å². The van der Waals surface area contributed by atoms with Gasteiger partial charge in [-0.2, -0.15) is 0 Å². The van der Waals surface area contributed by atoms with Gasteiger partial charge in [-0.05, 0) is 37.0 Å². The van der Waals surface area contributed by atoms with Gasteiger partial charge in [-0.25, -0.2) is 4.79 Å². The Kier molecular flexibility index (Phi) is 5.02. The average molecular weight is 331 g/mol. The van der Waals surface area contributed by atoms with Crippen LogP contribution in [0, 0.1) is 23.0 Å². The lowest BCUT2D eigenvalue weighted by molar-refractivity contribution is -0.387. The van der Waals surface area contributed by atoms with Gasteiger partial charge < -0.3 is 0 Å². The van der Waals surface area contributed by atoms with E-state index >= 15 is 0 Å². The van der Waals surface area contributed by atoms with Crippen LogP contribution >= 0.6 is 0 Å². The van der Waals surface area contributed by atoms with Crippen LogP contribution in [0.5, 0.6) is 0 Å². The molecule has 1 aromatic heterocycles. The first-order valence-corrected chi connectivity index (χ1v) is 7.87. The molecule has 3 rings (SSSR count). The second-order valence-corrected chi connectivity index (χ2v) is 6.11. The summed E-state index contributed by atoms with van der Waals surface area (Å²) < 4.78 is 2.20. The fourth-order valence-corrected chi connectivity index (χ4v) is 2.53. The van der Waals surface area contributed by atoms with Crippen molar-refractivity contribution in [2.45, 2.75) is 40.8 Å². The lowest BCUT2D eigenvalue weighted by Crippen LogP contribution is -2.42. The first kappa shape index (κ1) is 17.7. The highest BCUT2D eigenvalue weighted by molar-refractivity contribution is 5.80. The molecule has 1 heterocycles. The molecule has 0 N–H and O–H groups in total. The van der Waals surface area contributed by atoms with Crippen LogP contribution in [0.3, 0.4) is 0 Å². The van der Waals surface area contributed by atoms with Gasteiger partial charge in [0, 0.05) is 13.1 Å². The molecule has 0 saturated carbocycles. The van der Waals surface area contributed by atoms with E-state index in [0.29, 0.717) is 6.54 Å². The Morgan fingerprint density at radius 3 is 2.08 bits per heavy atom. The van der Waals surface area contributed by atoms with E-state index in [-0.39, 0.29) is 18.2 Å². The van der Waals surface area contributed by atoms with Crippen LogP contribution in [0.15, 0.2) is 33.9 Å². The van der Waals surface area contributed by atoms with Gasteiger partial charge in [0.15, 0.2) is 0 Å². The Hall–Kier alpha value is -2.70. The molecule has 0 saturated heterocycles. The van der Waals surface area contributed by atoms with E-state index in [4.69, 9.17) is 0 Å². The van der Waals surface area contributed by atoms with Crippen molar-refractivity contribution < 1.29 is 4.92 Å². The summed E-state index contributed by atoms with van der Waals surface area (Å²) in [4.78, 5) is 34.1. The molecule has 0 unspecified atom stereocenters. The maximum Gasteiger partial charge on any atom is 0.353 e. The second kappa shape index (κ2) is 6.82. The fourth-order valence-electron chi connectivity index (χ4n) is 2.53. The van der Waals surface area contributed by atoms with Crippen LogP contribution in [0.2, 0.25) is 0 Å². The van der Waals surface area contributed by atoms with Crippen molar-refractivity contribution in [3.63, 3.8) is 0 Å². The highest BCUT2D eigenvalue weighted by Crippen LogP contribution is 2.32. The normalized spacial score (nSPS) is 11.0. The molecule has 0 radical (unpaired) electrons. The topological polar surface area (TPSA) is 87.1 Å². The summed E-state index contributed by atoms with van der Waals surface area (Å²) >= 11 is 0. The smallest absolute Gasteiger partial charge is 0.291 e. The highest BCUT2D eigenvalue weighted by Gasteiger charge is 2.24. The number of aromatic nitrogens is 2. The van der Waals surface area contributed by atoms with Crippen molar-refractivity contribution in [2.24, 2.45) is 5.92 Å². The molecule has 1 aromatic rings. The average Bonchev–Trinajstić information content (AvgIpc) is 3.10. The molecule has 0 aliphatic heterocycles. The Bertz CT molecular complexity index is 876. The van der Waals surface area contributed by atoms with Gasteiger partial charge in [0.05, 0.1) is 4.92 Å². The Morgan fingerprint density at radius 2 is 1.75 bits per heavy atom. The number of hydrogen-bond donors (Lipinski definition) is 0. The number of nitrogens with zero attached hydrogens (tertiary/aromatic N) is 3. The Labute approximate surface area is 139 Å². The summed E-state index contributed by atoms with van der Waals surface area (Å²) in [6.07, 6.45) is 0.